The van der Waals surface area contributed by atoms with Crippen molar-refractivity contribution in [2.24, 2.45) is 0 Å². The summed E-state index contributed by atoms with van der Waals surface area (Å²) in [4.78, 5) is 17.5. The number of rotatable bonds is 6. The number of amides is 1. The summed E-state index contributed by atoms with van der Waals surface area (Å²) in [6, 6.07) is 5.75. The van der Waals surface area contributed by atoms with Crippen LogP contribution in [0.25, 0.3) is 12.2 Å². The van der Waals surface area contributed by atoms with Gasteiger partial charge >= 0.3 is 0 Å². The smallest absolute Gasteiger partial charge is 0.237 e. The standard InChI is InChI=1S/C17H19N5O2S2/c1-17(2,3)12-9-15(24-22-12)19-14(23)10-26-16-18-13(20-21-16)7-6-11-5-4-8-25-11/h4-9H,10H2,1-3H3,(H,19,23)(H,18,20,21)/b7-6-. The molecule has 0 radical (unpaired) electrons. The molecule has 0 aromatic carbocycles. The number of anilines is 1. The van der Waals surface area contributed by atoms with Crippen LogP contribution in [-0.2, 0) is 10.2 Å². The highest BCUT2D eigenvalue weighted by molar-refractivity contribution is 7.99. The van der Waals surface area contributed by atoms with E-state index in [0.29, 0.717) is 16.9 Å². The maximum atomic E-state index is 12.0. The van der Waals surface area contributed by atoms with Crippen molar-refractivity contribution in [1.29, 1.82) is 0 Å². The Kier molecular flexibility index (Phi) is 5.58. The van der Waals surface area contributed by atoms with Crippen molar-refractivity contribution in [3.8, 4) is 0 Å². The van der Waals surface area contributed by atoms with Crippen molar-refractivity contribution in [1.82, 2.24) is 20.3 Å². The number of aromatic amines is 1. The van der Waals surface area contributed by atoms with Crippen LogP contribution in [0, 0.1) is 0 Å². The van der Waals surface area contributed by atoms with Gasteiger partial charge in [-0.25, -0.2) is 4.98 Å². The SMILES string of the molecule is CC(C)(C)c1cc(NC(=O)CSc2n[nH]c(/C=C\c3cccs3)n2)on1. The van der Waals surface area contributed by atoms with Gasteiger partial charge in [0.1, 0.15) is 5.82 Å². The molecule has 0 fully saturated rings. The fourth-order valence-electron chi connectivity index (χ4n) is 1.94. The number of thiophene rings is 1. The van der Waals surface area contributed by atoms with E-state index in [9.17, 15) is 4.79 Å². The first kappa shape index (κ1) is 18.4. The summed E-state index contributed by atoms with van der Waals surface area (Å²) >= 11 is 2.89. The topological polar surface area (TPSA) is 96.7 Å². The molecule has 0 bridgehead atoms. The van der Waals surface area contributed by atoms with Gasteiger partial charge in [0, 0.05) is 16.4 Å². The van der Waals surface area contributed by atoms with Crippen LogP contribution in [0.4, 0.5) is 5.88 Å². The lowest BCUT2D eigenvalue weighted by Crippen LogP contribution is -2.14. The maximum absolute atomic E-state index is 12.0. The van der Waals surface area contributed by atoms with Crippen LogP contribution in [0.5, 0.6) is 0 Å². The predicted molar refractivity (Wildman–Crippen MR) is 104 cm³/mol. The molecule has 9 heteroatoms. The first-order valence-corrected chi connectivity index (χ1v) is 9.80. The molecule has 3 rings (SSSR count). The second-order valence-corrected chi connectivity index (χ2v) is 8.44. The van der Waals surface area contributed by atoms with Crippen LogP contribution < -0.4 is 5.32 Å². The van der Waals surface area contributed by atoms with E-state index in [0.717, 1.165) is 10.6 Å². The van der Waals surface area contributed by atoms with E-state index in [2.05, 4.69) is 25.7 Å². The molecule has 1 amide bonds. The molecule has 2 N–H and O–H groups in total. The molecule has 7 nitrogen and oxygen atoms in total. The second-order valence-electron chi connectivity index (χ2n) is 6.52. The Balaban J connectivity index is 1.49. The van der Waals surface area contributed by atoms with E-state index in [1.165, 1.54) is 11.8 Å². The molecule has 0 aliphatic carbocycles. The number of thioether (sulfide) groups is 1. The first-order chi connectivity index (χ1) is 12.4. The number of H-pyrrole nitrogens is 1. The third kappa shape index (κ3) is 5.06. The van der Waals surface area contributed by atoms with Crippen molar-refractivity contribution >= 4 is 47.0 Å². The third-order valence-electron chi connectivity index (χ3n) is 3.30. The van der Waals surface area contributed by atoms with Crippen molar-refractivity contribution in [3.05, 3.63) is 40.0 Å². The lowest BCUT2D eigenvalue weighted by Gasteiger charge is -2.12. The Morgan fingerprint density at radius 1 is 1.42 bits per heavy atom. The number of hydrogen-bond donors (Lipinski definition) is 2. The maximum Gasteiger partial charge on any atom is 0.237 e. The molecule has 0 saturated heterocycles. The van der Waals surface area contributed by atoms with Gasteiger partial charge in [0.2, 0.25) is 16.9 Å². The Hall–Kier alpha value is -2.39. The van der Waals surface area contributed by atoms with E-state index in [-0.39, 0.29) is 17.1 Å². The number of nitrogens with zero attached hydrogens (tertiary/aromatic N) is 3. The molecule has 0 spiro atoms. The zero-order valence-corrected chi connectivity index (χ0v) is 16.3. The quantitative estimate of drug-likeness (QED) is 0.617. The second kappa shape index (κ2) is 7.88. The van der Waals surface area contributed by atoms with Gasteiger partial charge in [0.25, 0.3) is 0 Å². The molecule has 3 heterocycles. The Morgan fingerprint density at radius 2 is 2.27 bits per heavy atom. The lowest BCUT2D eigenvalue weighted by molar-refractivity contribution is -0.113. The average Bonchev–Trinajstić information content (AvgIpc) is 3.32. The zero-order valence-electron chi connectivity index (χ0n) is 14.6. The fraction of sp³-hybridized carbons (Fsp3) is 0.294. The van der Waals surface area contributed by atoms with Crippen LogP contribution >= 0.6 is 23.1 Å². The lowest BCUT2D eigenvalue weighted by atomic mass is 9.92. The molecule has 0 unspecified atom stereocenters. The predicted octanol–water partition coefficient (Wildman–Crippen LogP) is 4.05. The van der Waals surface area contributed by atoms with Gasteiger partial charge in [-0.05, 0) is 23.6 Å². The molecule has 26 heavy (non-hydrogen) atoms. The van der Waals surface area contributed by atoms with Crippen LogP contribution in [0.1, 0.15) is 37.2 Å². The summed E-state index contributed by atoms with van der Waals surface area (Å²) in [7, 11) is 0. The summed E-state index contributed by atoms with van der Waals surface area (Å²) in [6.07, 6.45) is 3.81. The van der Waals surface area contributed by atoms with E-state index in [4.69, 9.17) is 4.52 Å². The summed E-state index contributed by atoms with van der Waals surface area (Å²) in [5.74, 6) is 0.964. The monoisotopic (exact) mass is 389 g/mol. The van der Waals surface area contributed by atoms with E-state index < -0.39 is 0 Å². The van der Waals surface area contributed by atoms with Crippen molar-refractivity contribution in [2.75, 3.05) is 11.1 Å². The largest absolute Gasteiger partial charge is 0.338 e. The van der Waals surface area contributed by atoms with Gasteiger partial charge in [-0.1, -0.05) is 43.8 Å². The molecular weight excluding hydrogens is 370 g/mol. The van der Waals surface area contributed by atoms with Crippen molar-refractivity contribution < 1.29 is 9.32 Å². The van der Waals surface area contributed by atoms with Gasteiger partial charge < -0.3 is 4.52 Å². The molecule has 0 atom stereocenters. The molecule has 0 saturated carbocycles. The van der Waals surface area contributed by atoms with Gasteiger partial charge in [-0.2, -0.15) is 0 Å². The normalized spacial score (nSPS) is 12.0. The Morgan fingerprint density at radius 3 is 2.96 bits per heavy atom. The summed E-state index contributed by atoms with van der Waals surface area (Å²) in [5.41, 5.74) is 0.657. The highest BCUT2D eigenvalue weighted by atomic mass is 32.2. The third-order valence-corrected chi connectivity index (χ3v) is 4.99. The van der Waals surface area contributed by atoms with Gasteiger partial charge in [0.05, 0.1) is 11.4 Å². The van der Waals surface area contributed by atoms with Crippen molar-refractivity contribution in [2.45, 2.75) is 31.3 Å². The summed E-state index contributed by atoms with van der Waals surface area (Å²) in [5, 5.41) is 16.1. The number of aromatic nitrogens is 4. The van der Waals surface area contributed by atoms with Gasteiger partial charge in [0.15, 0.2) is 0 Å². The zero-order chi connectivity index (χ0) is 18.6. The Bertz CT molecular complexity index is 891. The highest BCUT2D eigenvalue weighted by Crippen LogP contribution is 2.24. The number of hydrogen-bond acceptors (Lipinski definition) is 7. The molecule has 0 aliphatic rings. The molecule has 3 aromatic rings. The minimum Gasteiger partial charge on any atom is -0.338 e. The highest BCUT2D eigenvalue weighted by Gasteiger charge is 2.19. The van der Waals surface area contributed by atoms with E-state index in [1.54, 1.807) is 17.4 Å². The molecular formula is C17H19N5O2S2. The molecule has 136 valence electrons. The minimum absolute atomic E-state index is 0.132. The van der Waals surface area contributed by atoms with Crippen molar-refractivity contribution in [3.63, 3.8) is 0 Å². The van der Waals surface area contributed by atoms with Crippen LogP contribution in [0.3, 0.4) is 0 Å². The molecule has 0 aliphatic heterocycles. The number of carbonyl (C=O) groups is 1. The van der Waals surface area contributed by atoms with Crippen LogP contribution in [0.2, 0.25) is 0 Å². The van der Waals surface area contributed by atoms with Gasteiger partial charge in [-0.15, -0.1) is 16.4 Å². The summed E-state index contributed by atoms with van der Waals surface area (Å²) < 4.78 is 5.15. The average molecular weight is 390 g/mol. The first-order valence-electron chi connectivity index (χ1n) is 7.94. The van der Waals surface area contributed by atoms with Gasteiger partial charge in [-0.3, -0.25) is 15.2 Å². The number of nitrogens with one attached hydrogen (secondary N) is 2. The summed E-state index contributed by atoms with van der Waals surface area (Å²) in [6.45, 7) is 6.08. The minimum atomic E-state index is -0.202. The molecule has 3 aromatic heterocycles. The Labute approximate surface area is 159 Å². The van der Waals surface area contributed by atoms with E-state index in [1.807, 2.05) is 50.4 Å². The van der Waals surface area contributed by atoms with Crippen LogP contribution in [0.15, 0.2) is 33.3 Å². The fourth-order valence-corrected chi connectivity index (χ4v) is 3.16. The van der Waals surface area contributed by atoms with Crippen LogP contribution in [-0.4, -0.2) is 32.0 Å². The van der Waals surface area contributed by atoms with E-state index >= 15 is 0 Å². The number of carbonyl (C=O) groups excluding carboxylic acids is 1.